The lowest BCUT2D eigenvalue weighted by molar-refractivity contribution is -0.123. The molecule has 0 aromatic heterocycles. The summed E-state index contributed by atoms with van der Waals surface area (Å²) in [7, 11) is -1.92. The third-order valence-electron chi connectivity index (χ3n) is 5.54. The number of sulfonamides is 1. The van der Waals surface area contributed by atoms with Crippen LogP contribution in [0.15, 0.2) is 53.4 Å². The Labute approximate surface area is 167 Å². The van der Waals surface area contributed by atoms with E-state index in [4.69, 9.17) is 0 Å². The Balaban J connectivity index is 1.66. The highest BCUT2D eigenvalue weighted by Crippen LogP contribution is 2.48. The topological polar surface area (TPSA) is 66.5 Å². The van der Waals surface area contributed by atoms with Gasteiger partial charge in [0.1, 0.15) is 0 Å². The van der Waals surface area contributed by atoms with Gasteiger partial charge in [-0.15, -0.1) is 0 Å². The van der Waals surface area contributed by atoms with Crippen LogP contribution in [0.4, 0.5) is 0 Å². The van der Waals surface area contributed by atoms with Crippen LogP contribution in [0.5, 0.6) is 0 Å². The maximum absolute atomic E-state index is 12.8. The van der Waals surface area contributed by atoms with Gasteiger partial charge in [0.15, 0.2) is 0 Å². The minimum atomic E-state index is -3.49. The van der Waals surface area contributed by atoms with Gasteiger partial charge in [-0.2, -0.15) is 4.31 Å². The first kappa shape index (κ1) is 20.6. The summed E-state index contributed by atoms with van der Waals surface area (Å²) in [4.78, 5) is 13.1. The lowest BCUT2D eigenvalue weighted by atomic mass is 9.93. The van der Waals surface area contributed by atoms with E-state index in [1.165, 1.54) is 4.31 Å². The molecule has 2 aromatic carbocycles. The molecule has 1 fully saturated rings. The molecule has 6 heteroatoms. The maximum atomic E-state index is 12.8. The Morgan fingerprint density at radius 3 is 2.32 bits per heavy atom. The lowest BCUT2D eigenvalue weighted by Crippen LogP contribution is -2.34. The monoisotopic (exact) mass is 400 g/mol. The molecule has 1 amide bonds. The summed E-state index contributed by atoms with van der Waals surface area (Å²) in [5.74, 6) is 0.0364. The fourth-order valence-corrected chi connectivity index (χ4v) is 4.66. The van der Waals surface area contributed by atoms with E-state index in [2.05, 4.69) is 11.4 Å². The van der Waals surface area contributed by atoms with E-state index in [9.17, 15) is 13.2 Å². The number of carbonyl (C=O) groups is 1. The molecule has 5 nitrogen and oxygen atoms in total. The zero-order valence-electron chi connectivity index (χ0n) is 16.9. The molecule has 0 bridgehead atoms. The molecule has 1 N–H and O–H groups in total. The fraction of sp³-hybridized carbons (Fsp3) is 0.409. The fourth-order valence-electron chi connectivity index (χ4n) is 3.29. The van der Waals surface area contributed by atoms with Crippen LogP contribution in [-0.2, 0) is 26.8 Å². The number of amides is 1. The summed E-state index contributed by atoms with van der Waals surface area (Å²) < 4.78 is 26.4. The standard InChI is InChI=1S/C22H28N2O3S/c1-16(2)24(4)28(26,27)20-10-8-18(9-11-20)15-23-21(25)22(12-13-22)19-7-5-6-17(3)14-19/h5-11,14,16H,12-13,15H2,1-4H3,(H,23,25). The van der Waals surface area contributed by atoms with Gasteiger partial charge in [0, 0.05) is 19.6 Å². The van der Waals surface area contributed by atoms with Gasteiger partial charge in [0.25, 0.3) is 0 Å². The number of rotatable bonds is 7. The number of carbonyl (C=O) groups excluding carboxylic acids is 1. The summed E-state index contributed by atoms with van der Waals surface area (Å²) in [5.41, 5.74) is 2.69. The number of nitrogens with zero attached hydrogens (tertiary/aromatic N) is 1. The SMILES string of the molecule is Cc1cccc(C2(C(=O)NCc3ccc(S(=O)(=O)N(C)C(C)C)cc3)CC2)c1. The van der Waals surface area contributed by atoms with Gasteiger partial charge in [-0.05, 0) is 56.9 Å². The molecule has 0 unspecified atom stereocenters. The van der Waals surface area contributed by atoms with Crippen LogP contribution in [0.3, 0.4) is 0 Å². The van der Waals surface area contributed by atoms with Crippen molar-refractivity contribution in [1.82, 2.24) is 9.62 Å². The van der Waals surface area contributed by atoms with Crippen LogP contribution in [0.2, 0.25) is 0 Å². The van der Waals surface area contributed by atoms with Crippen molar-refractivity contribution in [2.75, 3.05) is 7.05 Å². The Morgan fingerprint density at radius 1 is 1.14 bits per heavy atom. The second kappa shape index (κ2) is 7.68. The molecule has 1 aliphatic rings. The molecule has 150 valence electrons. The molecular formula is C22H28N2O3S. The zero-order chi connectivity index (χ0) is 20.5. The minimum Gasteiger partial charge on any atom is -0.351 e. The summed E-state index contributed by atoms with van der Waals surface area (Å²) in [6.07, 6.45) is 1.72. The molecular weight excluding hydrogens is 372 g/mol. The Morgan fingerprint density at radius 2 is 1.79 bits per heavy atom. The second-order valence-electron chi connectivity index (χ2n) is 7.89. The predicted octanol–water partition coefficient (Wildman–Crippen LogP) is 3.37. The van der Waals surface area contributed by atoms with E-state index >= 15 is 0 Å². The highest BCUT2D eigenvalue weighted by atomic mass is 32.2. The Hall–Kier alpha value is -2.18. The number of nitrogens with one attached hydrogen (secondary N) is 1. The molecule has 2 aromatic rings. The second-order valence-corrected chi connectivity index (χ2v) is 9.89. The van der Waals surface area contributed by atoms with Crippen molar-refractivity contribution in [3.63, 3.8) is 0 Å². The zero-order valence-corrected chi connectivity index (χ0v) is 17.7. The predicted molar refractivity (Wildman–Crippen MR) is 110 cm³/mol. The van der Waals surface area contributed by atoms with Gasteiger partial charge >= 0.3 is 0 Å². The molecule has 0 atom stereocenters. The molecule has 28 heavy (non-hydrogen) atoms. The minimum absolute atomic E-state index is 0.0364. The van der Waals surface area contributed by atoms with Crippen molar-refractivity contribution in [2.45, 2.75) is 56.5 Å². The first-order valence-electron chi connectivity index (χ1n) is 9.59. The smallest absolute Gasteiger partial charge is 0.243 e. The number of hydrogen-bond acceptors (Lipinski definition) is 3. The van der Waals surface area contributed by atoms with Gasteiger partial charge in [0.2, 0.25) is 15.9 Å². The third-order valence-corrected chi connectivity index (χ3v) is 7.58. The lowest BCUT2D eigenvalue weighted by Gasteiger charge is -2.21. The first-order chi connectivity index (χ1) is 13.2. The number of aryl methyl sites for hydroxylation is 1. The van der Waals surface area contributed by atoms with Crippen molar-refractivity contribution in [3.05, 3.63) is 65.2 Å². The molecule has 0 spiro atoms. The van der Waals surface area contributed by atoms with Crippen molar-refractivity contribution in [3.8, 4) is 0 Å². The molecule has 0 saturated heterocycles. The van der Waals surface area contributed by atoms with Crippen LogP contribution in [0, 0.1) is 6.92 Å². The summed E-state index contributed by atoms with van der Waals surface area (Å²) >= 11 is 0. The van der Waals surface area contributed by atoms with E-state index < -0.39 is 15.4 Å². The van der Waals surface area contributed by atoms with Crippen LogP contribution >= 0.6 is 0 Å². The van der Waals surface area contributed by atoms with Gasteiger partial charge in [-0.1, -0.05) is 42.0 Å². The Bertz CT molecular complexity index is 962. The van der Waals surface area contributed by atoms with Gasteiger partial charge in [-0.3, -0.25) is 4.79 Å². The van der Waals surface area contributed by atoms with Gasteiger partial charge in [-0.25, -0.2) is 8.42 Å². The normalized spacial score (nSPS) is 15.6. The largest absolute Gasteiger partial charge is 0.351 e. The molecule has 0 radical (unpaired) electrons. The van der Waals surface area contributed by atoms with E-state index in [-0.39, 0.29) is 16.8 Å². The van der Waals surface area contributed by atoms with E-state index in [1.54, 1.807) is 31.3 Å². The highest BCUT2D eigenvalue weighted by Gasteiger charge is 2.51. The van der Waals surface area contributed by atoms with E-state index in [0.29, 0.717) is 6.54 Å². The molecule has 1 saturated carbocycles. The molecule has 1 aliphatic carbocycles. The van der Waals surface area contributed by atoms with Crippen LogP contribution in [0.25, 0.3) is 0 Å². The maximum Gasteiger partial charge on any atom is 0.243 e. The Kier molecular flexibility index (Phi) is 5.64. The molecule has 0 aliphatic heterocycles. The van der Waals surface area contributed by atoms with E-state index in [1.807, 2.05) is 39.0 Å². The summed E-state index contributed by atoms with van der Waals surface area (Å²) in [6.45, 7) is 6.09. The first-order valence-corrected chi connectivity index (χ1v) is 11.0. The summed E-state index contributed by atoms with van der Waals surface area (Å²) in [6, 6.07) is 14.7. The van der Waals surface area contributed by atoms with E-state index in [0.717, 1.165) is 29.5 Å². The molecule has 3 rings (SSSR count). The van der Waals surface area contributed by atoms with Crippen LogP contribution in [0.1, 0.15) is 43.4 Å². The van der Waals surface area contributed by atoms with Crippen molar-refractivity contribution in [2.24, 2.45) is 0 Å². The molecule has 0 heterocycles. The van der Waals surface area contributed by atoms with Gasteiger partial charge < -0.3 is 5.32 Å². The third kappa shape index (κ3) is 3.98. The average Bonchev–Trinajstić information content (AvgIpc) is 3.48. The van der Waals surface area contributed by atoms with Crippen molar-refractivity contribution in [1.29, 1.82) is 0 Å². The highest BCUT2D eigenvalue weighted by molar-refractivity contribution is 7.89. The van der Waals surface area contributed by atoms with Crippen LogP contribution < -0.4 is 5.32 Å². The van der Waals surface area contributed by atoms with Crippen molar-refractivity contribution < 1.29 is 13.2 Å². The quantitative estimate of drug-likeness (QED) is 0.775. The number of hydrogen-bond donors (Lipinski definition) is 1. The number of benzene rings is 2. The van der Waals surface area contributed by atoms with Crippen LogP contribution in [-0.4, -0.2) is 31.7 Å². The summed E-state index contributed by atoms with van der Waals surface area (Å²) in [5, 5.41) is 3.02. The van der Waals surface area contributed by atoms with Crippen molar-refractivity contribution >= 4 is 15.9 Å². The average molecular weight is 401 g/mol. The van der Waals surface area contributed by atoms with Gasteiger partial charge in [0.05, 0.1) is 10.3 Å².